The van der Waals surface area contributed by atoms with E-state index in [-0.39, 0.29) is 0 Å². The summed E-state index contributed by atoms with van der Waals surface area (Å²) in [7, 11) is -1.60. The molecule has 1 aliphatic carbocycles. The summed E-state index contributed by atoms with van der Waals surface area (Å²) < 4.78 is 6.31. The Bertz CT molecular complexity index is 283. The molecule has 2 atom stereocenters. The van der Waals surface area contributed by atoms with Crippen molar-refractivity contribution in [3.8, 4) is 0 Å². The molecule has 19 heavy (non-hydrogen) atoms. The molecule has 0 spiro atoms. The molecule has 0 aromatic heterocycles. The minimum Gasteiger partial charge on any atom is -0.417 e. The molecule has 1 fully saturated rings. The van der Waals surface area contributed by atoms with Gasteiger partial charge in [0.05, 0.1) is 0 Å². The molecular formula is C16H34O2Si. The van der Waals surface area contributed by atoms with Crippen LogP contribution >= 0.6 is 0 Å². The maximum absolute atomic E-state index is 9.36. The molecule has 0 bridgehead atoms. The highest BCUT2D eigenvalue weighted by Gasteiger charge is 2.38. The van der Waals surface area contributed by atoms with Crippen LogP contribution in [0, 0.1) is 11.3 Å². The average Bonchev–Trinajstić information content (AvgIpc) is 2.26. The van der Waals surface area contributed by atoms with Crippen molar-refractivity contribution in [3.05, 3.63) is 0 Å². The standard InChI is InChI=1S/C16H34O2Si/c1-15(2,3)19(5,6)18-11-10-16(4)9-7-8-14(12-16)13-17/h14,17H,7-13H2,1-6H3/t14?,16-/m0/s1. The van der Waals surface area contributed by atoms with Crippen molar-refractivity contribution in [2.45, 2.75) is 77.9 Å². The van der Waals surface area contributed by atoms with Gasteiger partial charge in [-0.3, -0.25) is 0 Å². The first kappa shape index (κ1) is 17.2. The largest absolute Gasteiger partial charge is 0.417 e. The summed E-state index contributed by atoms with van der Waals surface area (Å²) in [5.41, 5.74) is 0.383. The van der Waals surface area contributed by atoms with E-state index in [4.69, 9.17) is 4.43 Å². The van der Waals surface area contributed by atoms with Crippen LogP contribution in [-0.4, -0.2) is 26.6 Å². The van der Waals surface area contributed by atoms with Gasteiger partial charge in [-0.25, -0.2) is 0 Å². The van der Waals surface area contributed by atoms with Gasteiger partial charge in [0.25, 0.3) is 0 Å². The minimum atomic E-state index is -1.60. The number of hydrogen-bond donors (Lipinski definition) is 1. The van der Waals surface area contributed by atoms with Gasteiger partial charge in [0.15, 0.2) is 8.32 Å². The fraction of sp³-hybridized carbons (Fsp3) is 1.00. The third-order valence-electron chi connectivity index (χ3n) is 5.41. The topological polar surface area (TPSA) is 29.5 Å². The van der Waals surface area contributed by atoms with Crippen molar-refractivity contribution >= 4 is 8.32 Å². The van der Waals surface area contributed by atoms with Crippen molar-refractivity contribution in [2.75, 3.05) is 13.2 Å². The quantitative estimate of drug-likeness (QED) is 0.749. The Kier molecular flexibility index (Phi) is 5.68. The van der Waals surface area contributed by atoms with Gasteiger partial charge in [-0.1, -0.05) is 34.1 Å². The van der Waals surface area contributed by atoms with Gasteiger partial charge in [0, 0.05) is 13.2 Å². The lowest BCUT2D eigenvalue weighted by Crippen LogP contribution is -2.41. The van der Waals surface area contributed by atoms with E-state index in [2.05, 4.69) is 40.8 Å². The molecule has 1 aliphatic rings. The van der Waals surface area contributed by atoms with Gasteiger partial charge in [-0.15, -0.1) is 0 Å². The predicted molar refractivity (Wildman–Crippen MR) is 84.9 cm³/mol. The highest BCUT2D eigenvalue weighted by Crippen LogP contribution is 2.42. The maximum atomic E-state index is 9.36. The summed E-state index contributed by atoms with van der Waals surface area (Å²) in [6.07, 6.45) is 6.09. The Morgan fingerprint density at radius 1 is 1.32 bits per heavy atom. The lowest BCUT2D eigenvalue weighted by Gasteiger charge is -2.40. The van der Waals surface area contributed by atoms with E-state index in [1.165, 1.54) is 25.7 Å². The SMILES string of the molecule is CC(C)(C)[Si](C)(C)OCC[C@]1(C)CCCC(CO)C1. The highest BCUT2D eigenvalue weighted by atomic mass is 28.4. The van der Waals surface area contributed by atoms with Crippen molar-refractivity contribution < 1.29 is 9.53 Å². The monoisotopic (exact) mass is 286 g/mol. The van der Waals surface area contributed by atoms with Crippen LogP contribution in [0.3, 0.4) is 0 Å². The summed E-state index contributed by atoms with van der Waals surface area (Å²) >= 11 is 0. The van der Waals surface area contributed by atoms with E-state index in [1.807, 2.05) is 0 Å². The molecule has 1 saturated carbocycles. The van der Waals surface area contributed by atoms with Crippen LogP contribution in [0.15, 0.2) is 0 Å². The zero-order valence-electron chi connectivity index (χ0n) is 13.9. The van der Waals surface area contributed by atoms with Gasteiger partial charge in [0.2, 0.25) is 0 Å². The van der Waals surface area contributed by atoms with Gasteiger partial charge in [-0.05, 0) is 55.1 Å². The van der Waals surface area contributed by atoms with E-state index >= 15 is 0 Å². The summed E-state index contributed by atoms with van der Waals surface area (Å²) in [4.78, 5) is 0. The van der Waals surface area contributed by atoms with E-state index in [1.54, 1.807) is 0 Å². The summed E-state index contributed by atoms with van der Waals surface area (Å²) in [5.74, 6) is 0.520. The number of rotatable bonds is 5. The number of aliphatic hydroxyl groups excluding tert-OH is 1. The lowest BCUT2D eigenvalue weighted by atomic mass is 9.69. The Balaban J connectivity index is 2.44. The van der Waals surface area contributed by atoms with Crippen LogP contribution in [-0.2, 0) is 4.43 Å². The van der Waals surface area contributed by atoms with Gasteiger partial charge >= 0.3 is 0 Å². The smallest absolute Gasteiger partial charge is 0.191 e. The summed E-state index contributed by atoms with van der Waals surface area (Å²) in [5, 5.41) is 9.66. The fourth-order valence-corrected chi connectivity index (χ4v) is 3.92. The van der Waals surface area contributed by atoms with Crippen LogP contribution in [0.5, 0.6) is 0 Å². The van der Waals surface area contributed by atoms with E-state index < -0.39 is 8.32 Å². The van der Waals surface area contributed by atoms with E-state index in [0.717, 1.165) is 13.0 Å². The molecule has 1 unspecified atom stereocenters. The van der Waals surface area contributed by atoms with E-state index in [0.29, 0.717) is 23.0 Å². The molecule has 0 aromatic rings. The third-order valence-corrected chi connectivity index (χ3v) is 9.95. The van der Waals surface area contributed by atoms with Crippen molar-refractivity contribution in [2.24, 2.45) is 11.3 Å². The zero-order valence-corrected chi connectivity index (χ0v) is 14.9. The van der Waals surface area contributed by atoms with Crippen molar-refractivity contribution in [3.63, 3.8) is 0 Å². The summed E-state index contributed by atoms with van der Waals surface area (Å²) in [6.45, 7) is 15.2. The predicted octanol–water partition coefficient (Wildman–Crippen LogP) is 4.59. The number of hydrogen-bond acceptors (Lipinski definition) is 2. The van der Waals surface area contributed by atoms with Crippen molar-refractivity contribution in [1.82, 2.24) is 0 Å². The molecule has 3 heteroatoms. The third kappa shape index (κ3) is 4.87. The second-order valence-electron chi connectivity index (χ2n) is 8.31. The van der Waals surface area contributed by atoms with Gasteiger partial charge in [-0.2, -0.15) is 0 Å². The average molecular weight is 287 g/mol. The van der Waals surface area contributed by atoms with Crippen LogP contribution in [0.2, 0.25) is 18.1 Å². The van der Waals surface area contributed by atoms with Crippen LogP contribution in [0.1, 0.15) is 59.8 Å². The molecule has 0 aliphatic heterocycles. The first-order chi connectivity index (χ1) is 8.60. The lowest BCUT2D eigenvalue weighted by molar-refractivity contribution is 0.0839. The molecule has 0 amide bonds. The molecule has 114 valence electrons. The van der Waals surface area contributed by atoms with Crippen LogP contribution in [0.4, 0.5) is 0 Å². The Hall–Kier alpha value is 0.137. The Morgan fingerprint density at radius 3 is 2.47 bits per heavy atom. The molecule has 1 rings (SSSR count). The van der Waals surface area contributed by atoms with E-state index in [9.17, 15) is 5.11 Å². The molecule has 1 N–H and O–H groups in total. The minimum absolute atomic E-state index is 0.300. The molecular weight excluding hydrogens is 252 g/mol. The second kappa shape index (κ2) is 6.27. The normalized spacial score (nSPS) is 29.5. The van der Waals surface area contributed by atoms with Gasteiger partial charge < -0.3 is 9.53 Å². The van der Waals surface area contributed by atoms with Crippen LogP contribution < -0.4 is 0 Å². The second-order valence-corrected chi connectivity index (χ2v) is 13.1. The molecule has 0 aromatic carbocycles. The van der Waals surface area contributed by atoms with Crippen molar-refractivity contribution in [1.29, 1.82) is 0 Å². The highest BCUT2D eigenvalue weighted by molar-refractivity contribution is 6.74. The summed E-state index contributed by atoms with van der Waals surface area (Å²) in [6, 6.07) is 0. The number of aliphatic hydroxyl groups is 1. The Morgan fingerprint density at radius 2 is 1.95 bits per heavy atom. The first-order valence-corrected chi connectivity index (χ1v) is 10.8. The maximum Gasteiger partial charge on any atom is 0.191 e. The molecule has 0 saturated heterocycles. The Labute approximate surface area is 121 Å². The zero-order chi connectivity index (χ0) is 14.7. The first-order valence-electron chi connectivity index (χ1n) is 7.84. The fourth-order valence-electron chi connectivity index (χ4n) is 2.87. The molecule has 2 nitrogen and oxygen atoms in total. The van der Waals surface area contributed by atoms with Crippen LogP contribution in [0.25, 0.3) is 0 Å². The van der Waals surface area contributed by atoms with Gasteiger partial charge in [0.1, 0.15) is 0 Å². The molecule has 0 heterocycles. The molecule has 0 radical (unpaired) electrons.